The molecule has 1 atom stereocenters. The second-order valence-electron chi connectivity index (χ2n) is 4.34. The second-order valence-corrected chi connectivity index (χ2v) is 4.65. The fourth-order valence-electron chi connectivity index (χ4n) is 1.97. The van der Waals surface area contributed by atoms with E-state index in [0.29, 0.717) is 0 Å². The van der Waals surface area contributed by atoms with Gasteiger partial charge in [-0.2, -0.15) is 0 Å². The molecule has 0 N–H and O–H groups in total. The molecule has 0 heterocycles. The highest BCUT2D eigenvalue weighted by Crippen LogP contribution is 2.21. The minimum atomic E-state index is -0.578. The van der Waals surface area contributed by atoms with Crippen LogP contribution in [0.2, 0.25) is 0 Å². The first-order valence-electron chi connectivity index (χ1n) is 6.04. The number of hydrogen-bond acceptors (Lipinski definition) is 4. The average molecular weight is 263 g/mol. The molecule has 0 aromatic heterocycles. The Morgan fingerprint density at radius 3 is 2.47 bits per heavy atom. The molecule has 0 aromatic carbocycles. The van der Waals surface area contributed by atoms with Gasteiger partial charge in [0, 0.05) is 6.92 Å². The molecule has 1 rings (SSSR count). The summed E-state index contributed by atoms with van der Waals surface area (Å²) in [7, 11) is 0. The molecular formula is C12H19ClO4. The Morgan fingerprint density at radius 1 is 1.29 bits per heavy atom. The van der Waals surface area contributed by atoms with Crippen molar-refractivity contribution in [3.63, 3.8) is 0 Å². The SMILES string of the molecule is CC(=O)OC(CCl)CC(=O)OC1CCCCC1. The Balaban J connectivity index is 2.28. The first kappa shape index (κ1) is 14.3. The second kappa shape index (κ2) is 7.54. The Bertz CT molecular complexity index is 261. The monoisotopic (exact) mass is 262 g/mol. The number of carbonyl (C=O) groups is 2. The highest BCUT2D eigenvalue weighted by molar-refractivity contribution is 6.18. The van der Waals surface area contributed by atoms with E-state index >= 15 is 0 Å². The van der Waals surface area contributed by atoms with Crippen LogP contribution in [-0.4, -0.2) is 30.0 Å². The first-order valence-corrected chi connectivity index (χ1v) is 6.58. The molecular weight excluding hydrogens is 244 g/mol. The number of hydrogen-bond donors (Lipinski definition) is 0. The Morgan fingerprint density at radius 2 is 1.94 bits per heavy atom. The van der Waals surface area contributed by atoms with Gasteiger partial charge in [0.2, 0.25) is 0 Å². The van der Waals surface area contributed by atoms with Crippen molar-refractivity contribution in [1.29, 1.82) is 0 Å². The van der Waals surface area contributed by atoms with E-state index in [1.165, 1.54) is 13.3 Å². The van der Waals surface area contributed by atoms with Crippen LogP contribution in [0.4, 0.5) is 0 Å². The minimum Gasteiger partial charge on any atom is -0.462 e. The lowest BCUT2D eigenvalue weighted by Crippen LogP contribution is -2.27. The van der Waals surface area contributed by atoms with E-state index in [0.717, 1.165) is 25.7 Å². The van der Waals surface area contributed by atoms with Crippen molar-refractivity contribution in [2.24, 2.45) is 0 Å². The van der Waals surface area contributed by atoms with Gasteiger partial charge in [-0.25, -0.2) is 0 Å². The average Bonchev–Trinajstić information content (AvgIpc) is 2.28. The van der Waals surface area contributed by atoms with E-state index in [9.17, 15) is 9.59 Å². The predicted molar refractivity (Wildman–Crippen MR) is 63.9 cm³/mol. The van der Waals surface area contributed by atoms with Gasteiger partial charge in [-0.1, -0.05) is 6.42 Å². The van der Waals surface area contributed by atoms with Gasteiger partial charge >= 0.3 is 11.9 Å². The van der Waals surface area contributed by atoms with Crippen LogP contribution in [0.15, 0.2) is 0 Å². The largest absolute Gasteiger partial charge is 0.462 e. The Hall–Kier alpha value is -0.770. The Kier molecular flexibility index (Phi) is 6.34. The van der Waals surface area contributed by atoms with Gasteiger partial charge in [-0.05, 0) is 25.7 Å². The smallest absolute Gasteiger partial charge is 0.309 e. The van der Waals surface area contributed by atoms with E-state index in [1.54, 1.807) is 0 Å². The summed E-state index contributed by atoms with van der Waals surface area (Å²) in [6.07, 6.45) is 4.80. The molecule has 98 valence electrons. The summed E-state index contributed by atoms with van der Waals surface area (Å²) in [6, 6.07) is 0. The minimum absolute atomic E-state index is 0.0320. The summed E-state index contributed by atoms with van der Waals surface area (Å²) >= 11 is 5.61. The normalized spacial score (nSPS) is 18.5. The molecule has 0 spiro atoms. The fraction of sp³-hybridized carbons (Fsp3) is 0.833. The van der Waals surface area contributed by atoms with E-state index < -0.39 is 12.1 Å². The molecule has 0 amide bonds. The van der Waals surface area contributed by atoms with E-state index in [-0.39, 0.29) is 24.4 Å². The van der Waals surface area contributed by atoms with Crippen molar-refractivity contribution >= 4 is 23.5 Å². The van der Waals surface area contributed by atoms with Gasteiger partial charge in [0.1, 0.15) is 12.2 Å². The van der Waals surface area contributed by atoms with Gasteiger partial charge < -0.3 is 9.47 Å². The number of alkyl halides is 1. The van der Waals surface area contributed by atoms with E-state index in [4.69, 9.17) is 21.1 Å². The third-order valence-corrected chi connectivity index (χ3v) is 3.09. The third kappa shape index (κ3) is 5.91. The van der Waals surface area contributed by atoms with Crippen molar-refractivity contribution < 1.29 is 19.1 Å². The number of esters is 2. The summed E-state index contributed by atoms with van der Waals surface area (Å²) in [5, 5.41) is 0. The predicted octanol–water partition coefficient (Wildman–Crippen LogP) is 2.42. The van der Waals surface area contributed by atoms with Crippen LogP contribution >= 0.6 is 11.6 Å². The molecule has 17 heavy (non-hydrogen) atoms. The summed E-state index contributed by atoms with van der Waals surface area (Å²) < 4.78 is 10.2. The van der Waals surface area contributed by atoms with Crippen LogP contribution in [0.1, 0.15) is 45.4 Å². The number of halogens is 1. The molecule has 0 radical (unpaired) electrons. The van der Waals surface area contributed by atoms with Crippen molar-refractivity contribution in [2.75, 3.05) is 5.88 Å². The summed E-state index contributed by atoms with van der Waals surface area (Å²) in [5.74, 6) is -0.649. The van der Waals surface area contributed by atoms with Crippen LogP contribution in [-0.2, 0) is 19.1 Å². The van der Waals surface area contributed by atoms with Crippen LogP contribution < -0.4 is 0 Å². The molecule has 1 aliphatic rings. The van der Waals surface area contributed by atoms with Crippen molar-refractivity contribution in [3.8, 4) is 0 Å². The molecule has 1 aliphatic carbocycles. The lowest BCUT2D eigenvalue weighted by atomic mass is 9.98. The third-order valence-electron chi connectivity index (χ3n) is 2.75. The van der Waals surface area contributed by atoms with Crippen LogP contribution in [0.5, 0.6) is 0 Å². The number of ether oxygens (including phenoxy) is 2. The highest BCUT2D eigenvalue weighted by Gasteiger charge is 2.21. The fourth-order valence-corrected chi connectivity index (χ4v) is 2.14. The highest BCUT2D eigenvalue weighted by atomic mass is 35.5. The molecule has 0 aliphatic heterocycles. The first-order chi connectivity index (χ1) is 8.11. The molecule has 5 heteroatoms. The number of rotatable bonds is 5. The topological polar surface area (TPSA) is 52.6 Å². The van der Waals surface area contributed by atoms with Gasteiger partial charge in [0.25, 0.3) is 0 Å². The molecule has 0 aromatic rings. The van der Waals surface area contributed by atoms with Gasteiger partial charge in [-0.3, -0.25) is 9.59 Å². The maximum absolute atomic E-state index is 11.6. The van der Waals surface area contributed by atoms with Crippen LogP contribution in [0, 0.1) is 0 Å². The summed E-state index contributed by atoms with van der Waals surface area (Å²) in [6.45, 7) is 1.30. The maximum atomic E-state index is 11.6. The van der Waals surface area contributed by atoms with Crippen molar-refractivity contribution in [1.82, 2.24) is 0 Å². The zero-order chi connectivity index (χ0) is 12.7. The van der Waals surface area contributed by atoms with E-state index in [1.807, 2.05) is 0 Å². The molecule has 0 bridgehead atoms. The van der Waals surface area contributed by atoms with Gasteiger partial charge in [-0.15, -0.1) is 11.6 Å². The van der Waals surface area contributed by atoms with Crippen molar-refractivity contribution in [3.05, 3.63) is 0 Å². The lowest BCUT2D eigenvalue weighted by Gasteiger charge is -2.22. The van der Waals surface area contributed by atoms with Gasteiger partial charge in [0.15, 0.2) is 0 Å². The van der Waals surface area contributed by atoms with Gasteiger partial charge in [0.05, 0.1) is 12.3 Å². The zero-order valence-electron chi connectivity index (χ0n) is 10.1. The molecule has 1 saturated carbocycles. The van der Waals surface area contributed by atoms with Crippen molar-refractivity contribution in [2.45, 2.75) is 57.7 Å². The molecule has 0 saturated heterocycles. The summed E-state index contributed by atoms with van der Waals surface area (Å²) in [4.78, 5) is 22.3. The Labute approximate surface area is 107 Å². The van der Waals surface area contributed by atoms with Crippen LogP contribution in [0.25, 0.3) is 0 Å². The molecule has 1 unspecified atom stereocenters. The van der Waals surface area contributed by atoms with E-state index in [2.05, 4.69) is 0 Å². The molecule has 4 nitrogen and oxygen atoms in total. The molecule has 1 fully saturated rings. The zero-order valence-corrected chi connectivity index (χ0v) is 10.9. The lowest BCUT2D eigenvalue weighted by molar-refractivity contribution is -0.156. The maximum Gasteiger partial charge on any atom is 0.309 e. The van der Waals surface area contributed by atoms with Crippen LogP contribution in [0.3, 0.4) is 0 Å². The summed E-state index contributed by atoms with van der Waals surface area (Å²) in [5.41, 5.74) is 0. The standard InChI is InChI=1S/C12H19ClO4/c1-9(14)16-11(8-13)7-12(15)17-10-5-3-2-4-6-10/h10-11H,2-8H2,1H3. The number of carbonyl (C=O) groups excluding carboxylic acids is 2. The quantitative estimate of drug-likeness (QED) is 0.564.